The van der Waals surface area contributed by atoms with E-state index >= 15 is 0 Å². The van der Waals surface area contributed by atoms with E-state index in [2.05, 4.69) is 4.98 Å². The molecule has 0 atom stereocenters. The van der Waals surface area contributed by atoms with Gasteiger partial charge in [-0.15, -0.1) is 0 Å². The Labute approximate surface area is 171 Å². The van der Waals surface area contributed by atoms with Crippen LogP contribution in [0.25, 0.3) is 10.9 Å². The molecule has 0 spiro atoms. The number of fused-ring (bicyclic) bond motifs is 1. The highest BCUT2D eigenvalue weighted by atomic mass is 19.1. The first-order chi connectivity index (χ1) is 14.4. The Hall–Kier alpha value is -3.88. The largest absolute Gasteiger partial charge is 0.493 e. The van der Waals surface area contributed by atoms with Crippen molar-refractivity contribution in [3.05, 3.63) is 48.4 Å². The summed E-state index contributed by atoms with van der Waals surface area (Å²) < 4.78 is 31.0. The van der Waals surface area contributed by atoms with Gasteiger partial charge in [-0.25, -0.2) is 9.18 Å². The number of carboxylic acids is 1. The number of halogens is 1. The molecule has 0 saturated heterocycles. The van der Waals surface area contributed by atoms with Crippen LogP contribution in [-0.2, 0) is 9.59 Å². The van der Waals surface area contributed by atoms with Crippen molar-refractivity contribution < 1.29 is 33.3 Å². The van der Waals surface area contributed by atoms with Crippen LogP contribution in [-0.4, -0.2) is 42.7 Å². The van der Waals surface area contributed by atoms with E-state index in [-0.39, 0.29) is 18.0 Å². The van der Waals surface area contributed by atoms with E-state index in [1.54, 1.807) is 25.1 Å². The van der Waals surface area contributed by atoms with E-state index in [9.17, 15) is 14.0 Å². The zero-order valence-electron chi connectivity index (χ0n) is 16.5. The van der Waals surface area contributed by atoms with Gasteiger partial charge in [0.25, 0.3) is 0 Å². The van der Waals surface area contributed by atoms with Crippen LogP contribution in [0.5, 0.6) is 23.0 Å². The fraction of sp³-hybridized carbons (Fsp3) is 0.190. The van der Waals surface area contributed by atoms with Gasteiger partial charge in [0.2, 0.25) is 0 Å². The van der Waals surface area contributed by atoms with E-state index in [1.165, 1.54) is 32.5 Å². The molecule has 1 heterocycles. The predicted octanol–water partition coefficient (Wildman–Crippen LogP) is 3.62. The molecule has 0 bridgehead atoms. The topological polar surface area (TPSA) is 98.2 Å². The average Bonchev–Trinajstić information content (AvgIpc) is 2.75. The van der Waals surface area contributed by atoms with Crippen LogP contribution in [0.2, 0.25) is 0 Å². The smallest absolute Gasteiger partial charge is 0.394 e. The van der Waals surface area contributed by atoms with Gasteiger partial charge < -0.3 is 24.2 Å². The van der Waals surface area contributed by atoms with E-state index in [1.807, 2.05) is 0 Å². The number of anilines is 1. The van der Waals surface area contributed by atoms with Crippen molar-refractivity contribution in [1.29, 1.82) is 0 Å². The molecule has 0 aliphatic heterocycles. The SMILES string of the molecule is CCN(C(=O)C(=O)O)c1ccc(Oc2ccnc3cc(OC)c(OC)cc23)c(F)c1. The van der Waals surface area contributed by atoms with Crippen molar-refractivity contribution in [1.82, 2.24) is 4.98 Å². The molecule has 0 unspecified atom stereocenters. The lowest BCUT2D eigenvalue weighted by Gasteiger charge is -2.19. The number of hydrogen-bond acceptors (Lipinski definition) is 6. The number of aliphatic carboxylic acids is 1. The number of hydrogen-bond donors (Lipinski definition) is 1. The normalized spacial score (nSPS) is 10.5. The van der Waals surface area contributed by atoms with Gasteiger partial charge in [0.15, 0.2) is 23.1 Å². The second-order valence-electron chi connectivity index (χ2n) is 6.10. The Morgan fingerprint density at radius 2 is 1.73 bits per heavy atom. The number of carboxylic acid groups (broad SMARTS) is 1. The molecule has 8 nitrogen and oxygen atoms in total. The summed E-state index contributed by atoms with van der Waals surface area (Å²) in [5, 5.41) is 9.49. The summed E-state index contributed by atoms with van der Waals surface area (Å²) in [6.07, 6.45) is 1.51. The van der Waals surface area contributed by atoms with Gasteiger partial charge in [-0.2, -0.15) is 0 Å². The maximum absolute atomic E-state index is 14.7. The van der Waals surface area contributed by atoms with Gasteiger partial charge in [-0.1, -0.05) is 0 Å². The molecule has 0 fully saturated rings. The molecular weight excluding hydrogens is 395 g/mol. The summed E-state index contributed by atoms with van der Waals surface area (Å²) in [7, 11) is 3.01. The molecule has 0 aliphatic rings. The summed E-state index contributed by atoms with van der Waals surface area (Å²) >= 11 is 0. The molecule has 1 amide bonds. The predicted molar refractivity (Wildman–Crippen MR) is 107 cm³/mol. The maximum atomic E-state index is 14.7. The number of ether oxygens (including phenoxy) is 3. The number of aromatic nitrogens is 1. The Balaban J connectivity index is 1.98. The van der Waals surface area contributed by atoms with Crippen molar-refractivity contribution in [3.8, 4) is 23.0 Å². The van der Waals surface area contributed by atoms with Crippen molar-refractivity contribution in [2.45, 2.75) is 6.92 Å². The van der Waals surface area contributed by atoms with Gasteiger partial charge in [-0.05, 0) is 31.2 Å². The van der Waals surface area contributed by atoms with E-state index in [0.717, 1.165) is 11.0 Å². The number of benzene rings is 2. The number of nitrogens with zero attached hydrogens (tertiary/aromatic N) is 2. The average molecular weight is 414 g/mol. The number of carbonyl (C=O) groups excluding carboxylic acids is 1. The number of likely N-dealkylation sites (N-methyl/N-ethyl adjacent to an activating group) is 1. The zero-order chi connectivity index (χ0) is 21.8. The lowest BCUT2D eigenvalue weighted by Crippen LogP contribution is -2.36. The molecule has 3 rings (SSSR count). The Morgan fingerprint density at radius 1 is 1.03 bits per heavy atom. The number of amides is 1. The molecular formula is C21H19FN2O6. The highest BCUT2D eigenvalue weighted by molar-refractivity contribution is 6.37. The summed E-state index contributed by atoms with van der Waals surface area (Å²) in [5.41, 5.74) is 0.673. The second-order valence-corrected chi connectivity index (χ2v) is 6.10. The molecule has 3 aromatic rings. The first-order valence-corrected chi connectivity index (χ1v) is 8.92. The summed E-state index contributed by atoms with van der Waals surface area (Å²) in [6, 6.07) is 8.72. The van der Waals surface area contributed by atoms with Crippen LogP contribution in [0.4, 0.5) is 10.1 Å². The summed E-state index contributed by atoms with van der Waals surface area (Å²) in [6.45, 7) is 1.66. The van der Waals surface area contributed by atoms with Crippen LogP contribution in [0.3, 0.4) is 0 Å². The third kappa shape index (κ3) is 3.95. The zero-order valence-corrected chi connectivity index (χ0v) is 16.5. The molecule has 0 saturated carbocycles. The van der Waals surface area contributed by atoms with Gasteiger partial charge in [0.05, 0.1) is 19.7 Å². The quantitative estimate of drug-likeness (QED) is 0.615. The summed E-state index contributed by atoms with van der Waals surface area (Å²) in [5.74, 6) is -2.33. The van der Waals surface area contributed by atoms with Crippen LogP contribution in [0.1, 0.15) is 6.92 Å². The van der Waals surface area contributed by atoms with Crippen molar-refractivity contribution >= 4 is 28.5 Å². The van der Waals surface area contributed by atoms with E-state index in [4.69, 9.17) is 19.3 Å². The highest BCUT2D eigenvalue weighted by Gasteiger charge is 2.22. The third-order valence-corrected chi connectivity index (χ3v) is 4.40. The Morgan fingerprint density at radius 3 is 2.33 bits per heavy atom. The fourth-order valence-corrected chi connectivity index (χ4v) is 2.95. The molecule has 156 valence electrons. The van der Waals surface area contributed by atoms with Gasteiger partial charge in [0.1, 0.15) is 5.75 Å². The van der Waals surface area contributed by atoms with Crippen molar-refractivity contribution in [2.24, 2.45) is 0 Å². The lowest BCUT2D eigenvalue weighted by molar-refractivity contribution is -0.148. The first kappa shape index (κ1) is 20.8. The monoisotopic (exact) mass is 414 g/mol. The fourth-order valence-electron chi connectivity index (χ4n) is 2.95. The number of carbonyl (C=O) groups is 2. The molecule has 9 heteroatoms. The summed E-state index contributed by atoms with van der Waals surface area (Å²) in [4.78, 5) is 27.9. The minimum Gasteiger partial charge on any atom is -0.493 e. The highest BCUT2D eigenvalue weighted by Crippen LogP contribution is 2.37. The minimum absolute atomic E-state index is 0.0708. The number of pyridine rings is 1. The van der Waals surface area contributed by atoms with Crippen molar-refractivity contribution in [3.63, 3.8) is 0 Å². The molecule has 0 radical (unpaired) electrons. The van der Waals surface area contributed by atoms with Gasteiger partial charge in [0, 0.05) is 35.9 Å². The van der Waals surface area contributed by atoms with Crippen LogP contribution in [0, 0.1) is 5.82 Å². The number of rotatable bonds is 6. The van der Waals surface area contributed by atoms with Gasteiger partial charge >= 0.3 is 11.9 Å². The van der Waals surface area contributed by atoms with Crippen LogP contribution in [0.15, 0.2) is 42.6 Å². The minimum atomic E-state index is -1.62. The van der Waals surface area contributed by atoms with E-state index < -0.39 is 17.7 Å². The second kappa shape index (κ2) is 8.64. The Bertz CT molecular complexity index is 1120. The van der Waals surface area contributed by atoms with Crippen molar-refractivity contribution in [2.75, 3.05) is 25.7 Å². The van der Waals surface area contributed by atoms with E-state index in [0.29, 0.717) is 28.2 Å². The third-order valence-electron chi connectivity index (χ3n) is 4.40. The standard InChI is InChI=1S/C21H19FN2O6/c1-4-24(20(25)21(26)27)12-5-6-17(14(22)9-12)30-16-7-8-23-15-11-19(29-3)18(28-2)10-13(15)16/h5-11H,4H2,1-3H3,(H,26,27). The van der Waals surface area contributed by atoms with Gasteiger partial charge in [-0.3, -0.25) is 9.78 Å². The van der Waals surface area contributed by atoms with Crippen LogP contribution >= 0.6 is 0 Å². The molecule has 0 aliphatic carbocycles. The molecule has 2 aromatic carbocycles. The number of methoxy groups -OCH3 is 2. The lowest BCUT2D eigenvalue weighted by atomic mass is 10.1. The molecule has 1 aromatic heterocycles. The van der Waals surface area contributed by atoms with Crippen LogP contribution < -0.4 is 19.1 Å². The Kier molecular flexibility index (Phi) is 6.01. The molecule has 1 N–H and O–H groups in total. The maximum Gasteiger partial charge on any atom is 0.394 e. The first-order valence-electron chi connectivity index (χ1n) is 8.92. The molecule has 30 heavy (non-hydrogen) atoms.